The first kappa shape index (κ1) is 26.2. The second-order valence-electron chi connectivity index (χ2n) is 8.42. The van der Waals surface area contributed by atoms with Crippen LogP contribution in [-0.4, -0.2) is 42.6 Å². The number of aryl methyl sites for hydroxylation is 3. The standard InChI is InChI=1S/C25H29N3O5S2/c1-18-9-13-24(14-10-18)35(32,33)28(23-12-11-19(2)20(3)15-23)17-25(29)26-21-7-6-8-22(16-21)27(4)34(5,30)31/h6-16H,17H2,1-5H3,(H,26,29). The molecule has 0 radical (unpaired) electrons. The van der Waals surface area contributed by atoms with Crippen LogP contribution < -0.4 is 13.9 Å². The van der Waals surface area contributed by atoms with Crippen LogP contribution in [-0.2, 0) is 24.8 Å². The molecule has 1 amide bonds. The van der Waals surface area contributed by atoms with Crippen LogP contribution in [0.5, 0.6) is 0 Å². The Morgan fingerprint density at radius 3 is 2.09 bits per heavy atom. The number of nitrogens with one attached hydrogen (secondary N) is 1. The van der Waals surface area contributed by atoms with Crippen molar-refractivity contribution < 1.29 is 21.6 Å². The minimum Gasteiger partial charge on any atom is -0.324 e. The summed E-state index contributed by atoms with van der Waals surface area (Å²) in [4.78, 5) is 13.1. The zero-order valence-electron chi connectivity index (χ0n) is 20.3. The molecule has 0 heterocycles. The van der Waals surface area contributed by atoms with Gasteiger partial charge in [0.15, 0.2) is 0 Å². The first-order chi connectivity index (χ1) is 16.3. The Kier molecular flexibility index (Phi) is 7.56. The van der Waals surface area contributed by atoms with E-state index in [0.717, 1.165) is 31.6 Å². The zero-order chi connectivity index (χ0) is 26.0. The van der Waals surface area contributed by atoms with E-state index < -0.39 is 32.5 Å². The molecule has 0 atom stereocenters. The molecule has 0 spiro atoms. The summed E-state index contributed by atoms with van der Waals surface area (Å²) in [5, 5.41) is 2.68. The maximum absolute atomic E-state index is 13.6. The average molecular weight is 516 g/mol. The van der Waals surface area contributed by atoms with Crippen molar-refractivity contribution in [2.45, 2.75) is 25.7 Å². The molecule has 3 rings (SSSR count). The van der Waals surface area contributed by atoms with Crippen LogP contribution in [0, 0.1) is 20.8 Å². The molecule has 0 fully saturated rings. The lowest BCUT2D eigenvalue weighted by molar-refractivity contribution is -0.114. The number of anilines is 3. The highest BCUT2D eigenvalue weighted by molar-refractivity contribution is 7.93. The molecule has 0 unspecified atom stereocenters. The Morgan fingerprint density at radius 2 is 1.49 bits per heavy atom. The molecule has 0 aliphatic rings. The van der Waals surface area contributed by atoms with Crippen LogP contribution in [0.3, 0.4) is 0 Å². The Balaban J connectivity index is 1.94. The van der Waals surface area contributed by atoms with Crippen LogP contribution in [0.25, 0.3) is 0 Å². The highest BCUT2D eigenvalue weighted by atomic mass is 32.2. The van der Waals surface area contributed by atoms with Crippen molar-refractivity contribution >= 4 is 43.0 Å². The number of benzene rings is 3. The molecule has 0 bridgehead atoms. The average Bonchev–Trinajstić information content (AvgIpc) is 2.78. The fraction of sp³-hybridized carbons (Fsp3) is 0.240. The number of nitrogens with zero attached hydrogens (tertiary/aromatic N) is 2. The normalized spacial score (nSPS) is 11.7. The summed E-state index contributed by atoms with van der Waals surface area (Å²) in [6.07, 6.45) is 1.08. The van der Waals surface area contributed by atoms with Gasteiger partial charge in [0.2, 0.25) is 15.9 Å². The Labute approximate surface area is 207 Å². The molecular formula is C25H29N3O5S2. The third kappa shape index (κ3) is 6.20. The van der Waals surface area contributed by atoms with Crippen LogP contribution in [0.1, 0.15) is 16.7 Å². The maximum Gasteiger partial charge on any atom is 0.264 e. The van der Waals surface area contributed by atoms with Crippen molar-refractivity contribution in [2.75, 3.05) is 33.8 Å². The number of hydrogen-bond donors (Lipinski definition) is 1. The lowest BCUT2D eigenvalue weighted by Gasteiger charge is -2.25. The maximum atomic E-state index is 13.6. The summed E-state index contributed by atoms with van der Waals surface area (Å²) in [6.45, 7) is 5.19. The van der Waals surface area contributed by atoms with E-state index in [9.17, 15) is 21.6 Å². The van der Waals surface area contributed by atoms with Gasteiger partial charge in [0.05, 0.1) is 22.5 Å². The summed E-state index contributed by atoms with van der Waals surface area (Å²) < 4.78 is 53.0. The van der Waals surface area contributed by atoms with Gasteiger partial charge in [-0.3, -0.25) is 13.4 Å². The Bertz CT molecular complexity index is 1450. The van der Waals surface area contributed by atoms with Gasteiger partial charge in [0, 0.05) is 12.7 Å². The van der Waals surface area contributed by atoms with Crippen molar-refractivity contribution in [3.05, 3.63) is 83.4 Å². The van der Waals surface area contributed by atoms with Crippen LogP contribution in [0.15, 0.2) is 71.6 Å². The van der Waals surface area contributed by atoms with Crippen LogP contribution >= 0.6 is 0 Å². The largest absolute Gasteiger partial charge is 0.324 e. The second kappa shape index (κ2) is 10.1. The number of carbonyl (C=O) groups excluding carboxylic acids is 1. The predicted octanol–water partition coefficient (Wildman–Crippen LogP) is 3.84. The van der Waals surface area contributed by atoms with Gasteiger partial charge in [0.25, 0.3) is 10.0 Å². The zero-order valence-corrected chi connectivity index (χ0v) is 21.9. The molecule has 3 aromatic carbocycles. The van der Waals surface area contributed by atoms with Crippen molar-refractivity contribution in [2.24, 2.45) is 0 Å². The van der Waals surface area contributed by atoms with E-state index in [1.807, 2.05) is 26.8 Å². The molecule has 8 nitrogen and oxygen atoms in total. The molecule has 3 aromatic rings. The molecule has 0 saturated carbocycles. The van der Waals surface area contributed by atoms with E-state index in [0.29, 0.717) is 17.1 Å². The van der Waals surface area contributed by atoms with Gasteiger partial charge in [-0.1, -0.05) is 29.8 Å². The van der Waals surface area contributed by atoms with Crippen molar-refractivity contribution in [3.8, 4) is 0 Å². The molecule has 0 aliphatic heterocycles. The smallest absolute Gasteiger partial charge is 0.264 e. The van der Waals surface area contributed by atoms with E-state index in [2.05, 4.69) is 5.32 Å². The van der Waals surface area contributed by atoms with E-state index >= 15 is 0 Å². The quantitative estimate of drug-likeness (QED) is 0.491. The van der Waals surface area contributed by atoms with E-state index in [1.165, 1.54) is 25.2 Å². The first-order valence-corrected chi connectivity index (χ1v) is 14.1. The molecule has 1 N–H and O–H groups in total. The van der Waals surface area contributed by atoms with Crippen LogP contribution in [0.4, 0.5) is 17.1 Å². The Hall–Kier alpha value is -3.37. The molecular weight excluding hydrogens is 486 g/mol. The summed E-state index contributed by atoms with van der Waals surface area (Å²) in [5.74, 6) is -0.571. The topological polar surface area (TPSA) is 104 Å². The van der Waals surface area contributed by atoms with Gasteiger partial charge in [-0.25, -0.2) is 16.8 Å². The molecule has 186 valence electrons. The number of rotatable bonds is 8. The van der Waals surface area contributed by atoms with Gasteiger partial charge in [-0.05, 0) is 74.4 Å². The highest BCUT2D eigenvalue weighted by Gasteiger charge is 2.27. The highest BCUT2D eigenvalue weighted by Crippen LogP contribution is 2.26. The lowest BCUT2D eigenvalue weighted by atomic mass is 10.1. The van der Waals surface area contributed by atoms with E-state index in [1.54, 1.807) is 42.5 Å². The molecule has 0 aliphatic carbocycles. The number of amides is 1. The van der Waals surface area contributed by atoms with Gasteiger partial charge in [-0.2, -0.15) is 0 Å². The summed E-state index contributed by atoms with van der Waals surface area (Å²) in [5.41, 5.74) is 3.88. The monoisotopic (exact) mass is 515 g/mol. The third-order valence-electron chi connectivity index (χ3n) is 5.67. The third-order valence-corrected chi connectivity index (χ3v) is 8.66. The van der Waals surface area contributed by atoms with Gasteiger partial charge in [-0.15, -0.1) is 0 Å². The fourth-order valence-electron chi connectivity index (χ4n) is 3.34. The van der Waals surface area contributed by atoms with Crippen molar-refractivity contribution in [3.63, 3.8) is 0 Å². The predicted molar refractivity (Wildman–Crippen MR) is 140 cm³/mol. The molecule has 10 heteroatoms. The molecule has 0 aromatic heterocycles. The number of sulfonamides is 2. The minimum atomic E-state index is -4.04. The Morgan fingerprint density at radius 1 is 0.829 bits per heavy atom. The number of hydrogen-bond acceptors (Lipinski definition) is 5. The van der Waals surface area contributed by atoms with Gasteiger partial charge >= 0.3 is 0 Å². The van der Waals surface area contributed by atoms with E-state index in [4.69, 9.17) is 0 Å². The SMILES string of the molecule is Cc1ccc(S(=O)(=O)N(CC(=O)Nc2cccc(N(C)S(C)(=O)=O)c2)c2ccc(C)c(C)c2)cc1. The number of carbonyl (C=O) groups is 1. The first-order valence-electron chi connectivity index (χ1n) is 10.8. The van der Waals surface area contributed by atoms with E-state index in [-0.39, 0.29) is 4.90 Å². The minimum absolute atomic E-state index is 0.0749. The van der Waals surface area contributed by atoms with Crippen molar-refractivity contribution in [1.82, 2.24) is 0 Å². The van der Waals surface area contributed by atoms with Crippen molar-refractivity contribution in [1.29, 1.82) is 0 Å². The lowest BCUT2D eigenvalue weighted by Crippen LogP contribution is -2.38. The molecule has 0 saturated heterocycles. The summed E-state index contributed by atoms with van der Waals surface area (Å²) in [6, 6.07) is 18.0. The molecule has 35 heavy (non-hydrogen) atoms. The van der Waals surface area contributed by atoms with Crippen LogP contribution in [0.2, 0.25) is 0 Å². The van der Waals surface area contributed by atoms with Gasteiger partial charge < -0.3 is 5.32 Å². The van der Waals surface area contributed by atoms with Gasteiger partial charge in [0.1, 0.15) is 6.54 Å². The summed E-state index contributed by atoms with van der Waals surface area (Å²) >= 11 is 0. The fourth-order valence-corrected chi connectivity index (χ4v) is 5.24. The summed E-state index contributed by atoms with van der Waals surface area (Å²) in [7, 11) is -6.12. The second-order valence-corrected chi connectivity index (χ2v) is 12.3.